The largest absolute Gasteiger partial charge is 0.306 e. The van der Waals surface area contributed by atoms with Crippen LogP contribution in [-0.2, 0) is 11.8 Å². The van der Waals surface area contributed by atoms with Gasteiger partial charge in [0.05, 0.1) is 5.69 Å². The van der Waals surface area contributed by atoms with Crippen LogP contribution in [0.15, 0.2) is 12.1 Å². The number of hydrogen-bond donors (Lipinski definition) is 2. The Kier molecular flexibility index (Phi) is 4.26. The van der Waals surface area contributed by atoms with Crippen LogP contribution in [0.1, 0.15) is 42.4 Å². The summed E-state index contributed by atoms with van der Waals surface area (Å²) in [6.07, 6.45) is 3.28. The maximum absolute atomic E-state index is 11.9. The third kappa shape index (κ3) is 3.39. The molecule has 21 heavy (non-hydrogen) atoms. The quantitative estimate of drug-likeness (QED) is 0.848. The van der Waals surface area contributed by atoms with Crippen LogP contribution in [0, 0.1) is 13.8 Å². The van der Waals surface area contributed by atoms with Crippen molar-refractivity contribution in [3.8, 4) is 0 Å². The number of anilines is 1. The second-order valence-electron chi connectivity index (χ2n) is 5.39. The van der Waals surface area contributed by atoms with E-state index in [1.807, 2.05) is 27.0 Å². The first-order chi connectivity index (χ1) is 9.88. The van der Waals surface area contributed by atoms with Gasteiger partial charge in [-0.25, -0.2) is 0 Å². The zero-order chi connectivity index (χ0) is 15.6. The van der Waals surface area contributed by atoms with Crippen LogP contribution in [0.5, 0.6) is 0 Å². The lowest BCUT2D eigenvalue weighted by Crippen LogP contribution is -2.08. The molecule has 2 N–H and O–H groups in total. The van der Waals surface area contributed by atoms with Gasteiger partial charge in [-0.1, -0.05) is 13.8 Å². The van der Waals surface area contributed by atoms with Crippen LogP contribution in [0.4, 0.5) is 5.82 Å². The van der Waals surface area contributed by atoms with E-state index in [-0.39, 0.29) is 5.91 Å². The summed E-state index contributed by atoms with van der Waals surface area (Å²) in [7, 11) is 1.89. The van der Waals surface area contributed by atoms with E-state index in [2.05, 4.69) is 34.5 Å². The molecule has 0 aliphatic heterocycles. The van der Waals surface area contributed by atoms with E-state index in [9.17, 15) is 4.79 Å². The number of rotatable bonds is 4. The fourth-order valence-corrected chi connectivity index (χ4v) is 2.05. The summed E-state index contributed by atoms with van der Waals surface area (Å²) >= 11 is 0. The number of carbonyl (C=O) groups excluding carboxylic acids is 1. The lowest BCUT2D eigenvalue weighted by atomic mass is 10.1. The Bertz CT molecular complexity index is 678. The summed E-state index contributed by atoms with van der Waals surface area (Å²) < 4.78 is 1.80. The Labute approximate surface area is 124 Å². The number of hydrogen-bond acceptors (Lipinski definition) is 3. The molecule has 112 valence electrons. The highest BCUT2D eigenvalue weighted by molar-refractivity contribution is 6.01. The summed E-state index contributed by atoms with van der Waals surface area (Å²) in [6.45, 7) is 8.02. The zero-order valence-electron chi connectivity index (χ0n) is 13.1. The minimum absolute atomic E-state index is 0.209. The van der Waals surface area contributed by atoms with Gasteiger partial charge in [-0.2, -0.15) is 10.2 Å². The van der Waals surface area contributed by atoms with Gasteiger partial charge in [-0.15, -0.1) is 0 Å². The molecule has 0 radical (unpaired) electrons. The number of aryl methyl sites for hydroxylation is 2. The molecule has 2 heterocycles. The minimum Gasteiger partial charge on any atom is -0.306 e. The Morgan fingerprint density at radius 3 is 2.67 bits per heavy atom. The molecule has 0 unspecified atom stereocenters. The monoisotopic (exact) mass is 287 g/mol. The first kappa shape index (κ1) is 15.0. The Morgan fingerprint density at radius 1 is 1.43 bits per heavy atom. The number of carbonyl (C=O) groups is 1. The van der Waals surface area contributed by atoms with Crippen LogP contribution >= 0.6 is 0 Å². The third-order valence-corrected chi connectivity index (χ3v) is 3.44. The lowest BCUT2D eigenvalue weighted by Gasteiger charge is -1.98. The molecule has 0 bridgehead atoms. The maximum atomic E-state index is 11.9. The highest BCUT2D eigenvalue weighted by Crippen LogP contribution is 2.16. The van der Waals surface area contributed by atoms with Crippen LogP contribution in [0.2, 0.25) is 0 Å². The van der Waals surface area contributed by atoms with E-state index in [1.54, 1.807) is 10.8 Å². The van der Waals surface area contributed by atoms with Gasteiger partial charge < -0.3 is 5.32 Å². The molecule has 6 nitrogen and oxygen atoms in total. The van der Waals surface area contributed by atoms with Gasteiger partial charge in [-0.05, 0) is 25.8 Å². The van der Waals surface area contributed by atoms with Crippen molar-refractivity contribution in [3.63, 3.8) is 0 Å². The fourth-order valence-electron chi connectivity index (χ4n) is 2.05. The number of nitrogens with zero attached hydrogens (tertiary/aromatic N) is 3. The van der Waals surface area contributed by atoms with Crippen molar-refractivity contribution >= 4 is 17.8 Å². The van der Waals surface area contributed by atoms with Gasteiger partial charge in [0.15, 0.2) is 5.82 Å². The Balaban J connectivity index is 2.05. The molecular formula is C15H21N5O. The van der Waals surface area contributed by atoms with Crippen molar-refractivity contribution in [1.29, 1.82) is 0 Å². The van der Waals surface area contributed by atoms with Crippen molar-refractivity contribution in [2.24, 2.45) is 7.05 Å². The molecule has 2 aromatic rings. The zero-order valence-corrected chi connectivity index (χ0v) is 13.1. The summed E-state index contributed by atoms with van der Waals surface area (Å²) in [5, 5.41) is 14.0. The van der Waals surface area contributed by atoms with Gasteiger partial charge >= 0.3 is 0 Å². The van der Waals surface area contributed by atoms with Crippen molar-refractivity contribution < 1.29 is 4.79 Å². The van der Waals surface area contributed by atoms with E-state index < -0.39 is 0 Å². The average molecular weight is 287 g/mol. The summed E-state index contributed by atoms with van der Waals surface area (Å²) in [5.41, 5.74) is 3.89. The summed E-state index contributed by atoms with van der Waals surface area (Å²) in [4.78, 5) is 11.9. The molecule has 1 amide bonds. The standard InChI is InChI=1S/C15H21N5O/c1-9(2)13-8-14(18-17-13)16-15(21)7-6-12-10(3)19-20(5)11(12)4/h6-9H,1-5H3,(H2,16,17,18,21)/b7-6+. The second kappa shape index (κ2) is 5.95. The van der Waals surface area contributed by atoms with Gasteiger partial charge in [0.1, 0.15) is 0 Å². The maximum Gasteiger partial charge on any atom is 0.249 e. The predicted molar refractivity (Wildman–Crippen MR) is 83.0 cm³/mol. The smallest absolute Gasteiger partial charge is 0.249 e. The minimum atomic E-state index is -0.209. The predicted octanol–water partition coefficient (Wildman–Crippen LogP) is 2.54. The number of amides is 1. The topological polar surface area (TPSA) is 75.6 Å². The third-order valence-electron chi connectivity index (χ3n) is 3.44. The molecule has 0 aliphatic rings. The molecule has 0 aromatic carbocycles. The highest BCUT2D eigenvalue weighted by Gasteiger charge is 2.08. The van der Waals surface area contributed by atoms with Gasteiger partial charge in [0, 0.05) is 36.1 Å². The number of nitrogens with one attached hydrogen (secondary N) is 2. The Morgan fingerprint density at radius 2 is 2.14 bits per heavy atom. The number of aromatic nitrogens is 4. The first-order valence-corrected chi connectivity index (χ1v) is 6.93. The Hall–Kier alpha value is -2.37. The summed E-state index contributed by atoms with van der Waals surface area (Å²) in [6, 6.07) is 1.84. The molecule has 0 spiro atoms. The summed E-state index contributed by atoms with van der Waals surface area (Å²) in [5.74, 6) is 0.673. The van der Waals surface area contributed by atoms with Gasteiger partial charge in [0.25, 0.3) is 0 Å². The lowest BCUT2D eigenvalue weighted by molar-refractivity contribution is -0.111. The van der Waals surface area contributed by atoms with E-state index >= 15 is 0 Å². The number of aromatic amines is 1. The SMILES string of the molecule is Cc1nn(C)c(C)c1/C=C/C(=O)Nc1cc(C(C)C)[nH]n1. The highest BCUT2D eigenvalue weighted by atomic mass is 16.1. The normalized spacial score (nSPS) is 11.5. The van der Waals surface area contributed by atoms with Crippen molar-refractivity contribution in [3.05, 3.63) is 34.8 Å². The molecule has 2 rings (SSSR count). The molecule has 0 fully saturated rings. The van der Waals surface area contributed by atoms with E-state index in [1.165, 1.54) is 6.08 Å². The molecule has 0 saturated carbocycles. The van der Waals surface area contributed by atoms with E-state index in [0.717, 1.165) is 22.6 Å². The van der Waals surface area contributed by atoms with Crippen LogP contribution in [0.25, 0.3) is 6.08 Å². The fraction of sp³-hybridized carbons (Fsp3) is 0.400. The van der Waals surface area contributed by atoms with Crippen molar-refractivity contribution in [2.75, 3.05) is 5.32 Å². The van der Waals surface area contributed by atoms with Crippen molar-refractivity contribution in [1.82, 2.24) is 20.0 Å². The van der Waals surface area contributed by atoms with E-state index in [0.29, 0.717) is 11.7 Å². The molecular weight excluding hydrogens is 266 g/mol. The van der Waals surface area contributed by atoms with Gasteiger partial charge in [-0.3, -0.25) is 14.6 Å². The van der Waals surface area contributed by atoms with Crippen LogP contribution in [0.3, 0.4) is 0 Å². The molecule has 0 atom stereocenters. The average Bonchev–Trinajstić information content (AvgIpc) is 2.95. The van der Waals surface area contributed by atoms with Crippen LogP contribution < -0.4 is 5.32 Å². The van der Waals surface area contributed by atoms with Gasteiger partial charge in [0.2, 0.25) is 5.91 Å². The first-order valence-electron chi connectivity index (χ1n) is 6.93. The molecule has 6 heteroatoms. The molecule has 2 aromatic heterocycles. The van der Waals surface area contributed by atoms with Crippen molar-refractivity contribution in [2.45, 2.75) is 33.6 Å². The van der Waals surface area contributed by atoms with Crippen LogP contribution in [-0.4, -0.2) is 25.9 Å². The second-order valence-corrected chi connectivity index (χ2v) is 5.39. The molecule has 0 aliphatic carbocycles. The molecule has 0 saturated heterocycles. The number of H-pyrrole nitrogens is 1. The van der Waals surface area contributed by atoms with E-state index in [4.69, 9.17) is 0 Å².